The molecule has 0 bridgehead atoms. The summed E-state index contributed by atoms with van der Waals surface area (Å²) in [5.41, 5.74) is 3.72. The number of carbonyl (C=O) groups is 2. The summed E-state index contributed by atoms with van der Waals surface area (Å²) in [4.78, 5) is 29.8. The normalized spacial score (nSPS) is 11.2. The van der Waals surface area contributed by atoms with Gasteiger partial charge in [0, 0.05) is 24.5 Å². The highest BCUT2D eigenvalue weighted by Crippen LogP contribution is 2.18. The lowest BCUT2D eigenvalue weighted by Crippen LogP contribution is -2.32. The largest absolute Gasteiger partial charge is 0.338 e. The van der Waals surface area contributed by atoms with E-state index >= 15 is 0 Å². The van der Waals surface area contributed by atoms with Gasteiger partial charge in [0.25, 0.3) is 0 Å². The Morgan fingerprint density at radius 1 is 0.510 bits per heavy atom. The minimum atomic E-state index is -0.177. The first-order chi connectivity index (χ1) is 23.9. The van der Waals surface area contributed by atoms with Crippen LogP contribution in [0.1, 0.15) is 128 Å². The predicted octanol–water partition coefficient (Wildman–Crippen LogP) is 9.67. The van der Waals surface area contributed by atoms with Gasteiger partial charge in [0.2, 0.25) is 0 Å². The molecule has 2 rings (SSSR count). The first kappa shape index (κ1) is 42.1. The number of benzene rings is 2. The summed E-state index contributed by atoms with van der Waals surface area (Å²) in [5, 5.41) is 11.9. The highest BCUT2D eigenvalue weighted by atomic mass is 16.2. The molecule has 2 aromatic rings. The SMILES string of the molecule is CCCCCCCCCN(C)CCCNC(=O)Nc1cccc(Cc2cccc(NC(=O)NCCCN(C)CCCCCCCCC)c2)c1. The molecule has 0 aliphatic heterocycles. The minimum absolute atomic E-state index is 0.177. The molecule has 0 radical (unpaired) electrons. The summed E-state index contributed by atoms with van der Waals surface area (Å²) >= 11 is 0. The molecule has 0 aliphatic rings. The van der Waals surface area contributed by atoms with E-state index in [1.54, 1.807) is 0 Å². The van der Waals surface area contributed by atoms with Gasteiger partial charge in [-0.25, -0.2) is 9.59 Å². The van der Waals surface area contributed by atoms with E-state index in [-0.39, 0.29) is 12.1 Å². The van der Waals surface area contributed by atoms with Crippen molar-refractivity contribution in [2.24, 2.45) is 0 Å². The van der Waals surface area contributed by atoms with Crippen LogP contribution in [0.2, 0.25) is 0 Å². The average molecular weight is 679 g/mol. The van der Waals surface area contributed by atoms with Crippen molar-refractivity contribution >= 4 is 23.4 Å². The minimum Gasteiger partial charge on any atom is -0.338 e. The van der Waals surface area contributed by atoms with E-state index < -0.39 is 0 Å². The number of unbranched alkanes of at least 4 members (excludes halogenated alkanes) is 12. The maximum Gasteiger partial charge on any atom is 0.319 e. The van der Waals surface area contributed by atoms with Crippen LogP contribution in [0.15, 0.2) is 48.5 Å². The number of hydrogen-bond donors (Lipinski definition) is 4. The molecule has 8 heteroatoms. The van der Waals surface area contributed by atoms with Crippen molar-refractivity contribution in [3.05, 3.63) is 59.7 Å². The van der Waals surface area contributed by atoms with Gasteiger partial charge < -0.3 is 31.1 Å². The maximum atomic E-state index is 12.5. The van der Waals surface area contributed by atoms with Gasteiger partial charge in [-0.3, -0.25) is 0 Å². The number of urea groups is 2. The molecule has 0 aliphatic carbocycles. The van der Waals surface area contributed by atoms with Crippen LogP contribution >= 0.6 is 0 Å². The topological polar surface area (TPSA) is 88.7 Å². The summed E-state index contributed by atoms with van der Waals surface area (Å²) in [6.07, 6.45) is 21.2. The molecular formula is C41H70N6O2. The van der Waals surface area contributed by atoms with Gasteiger partial charge in [-0.15, -0.1) is 0 Å². The van der Waals surface area contributed by atoms with Crippen LogP contribution in [0.3, 0.4) is 0 Å². The molecule has 0 saturated heterocycles. The van der Waals surface area contributed by atoms with Crippen LogP contribution in [-0.4, -0.2) is 75.2 Å². The lowest BCUT2D eigenvalue weighted by atomic mass is 10.0. The number of nitrogens with zero attached hydrogens (tertiary/aromatic N) is 2. The zero-order chi connectivity index (χ0) is 35.4. The first-order valence-electron chi connectivity index (χ1n) is 19.5. The summed E-state index contributed by atoms with van der Waals surface area (Å²) < 4.78 is 0. The lowest BCUT2D eigenvalue weighted by molar-refractivity contribution is 0.250. The second-order valence-corrected chi connectivity index (χ2v) is 13.9. The number of amides is 4. The molecule has 4 amide bonds. The van der Waals surface area contributed by atoms with E-state index in [2.05, 4.69) is 71.1 Å². The van der Waals surface area contributed by atoms with E-state index in [1.165, 1.54) is 89.9 Å². The Labute approximate surface area is 299 Å². The van der Waals surface area contributed by atoms with E-state index in [4.69, 9.17) is 0 Å². The summed E-state index contributed by atoms with van der Waals surface area (Å²) in [6.45, 7) is 10.0. The van der Waals surface area contributed by atoms with Crippen molar-refractivity contribution < 1.29 is 9.59 Å². The van der Waals surface area contributed by atoms with E-state index in [9.17, 15) is 9.59 Å². The fourth-order valence-corrected chi connectivity index (χ4v) is 6.11. The van der Waals surface area contributed by atoms with E-state index in [0.717, 1.165) is 61.5 Å². The third kappa shape index (κ3) is 22.3. The predicted molar refractivity (Wildman–Crippen MR) is 210 cm³/mol. The molecule has 0 saturated carbocycles. The molecule has 2 aromatic carbocycles. The monoisotopic (exact) mass is 679 g/mol. The molecule has 49 heavy (non-hydrogen) atoms. The summed E-state index contributed by atoms with van der Waals surface area (Å²) in [7, 11) is 4.34. The third-order valence-electron chi connectivity index (χ3n) is 9.07. The van der Waals surface area contributed by atoms with Crippen LogP contribution < -0.4 is 21.3 Å². The second kappa shape index (κ2) is 27.7. The Bertz CT molecular complexity index is 1050. The van der Waals surface area contributed by atoms with Crippen LogP contribution in [0, 0.1) is 0 Å². The van der Waals surface area contributed by atoms with Gasteiger partial charge in [0.1, 0.15) is 0 Å². The maximum absolute atomic E-state index is 12.5. The van der Waals surface area contributed by atoms with Crippen molar-refractivity contribution in [1.82, 2.24) is 20.4 Å². The van der Waals surface area contributed by atoms with Crippen molar-refractivity contribution in [2.75, 3.05) is 64.0 Å². The highest BCUT2D eigenvalue weighted by molar-refractivity contribution is 5.89. The van der Waals surface area contributed by atoms with Crippen LogP contribution in [-0.2, 0) is 6.42 Å². The smallest absolute Gasteiger partial charge is 0.319 e. The first-order valence-corrected chi connectivity index (χ1v) is 19.5. The van der Waals surface area contributed by atoms with Crippen LogP contribution in [0.4, 0.5) is 21.0 Å². The standard InChI is InChI=1S/C41H70N6O2/c1-5-7-9-11-13-15-17-29-46(3)31-21-27-42-40(48)44-38-25-19-23-36(34-38)33-37-24-20-26-39(35-37)45-41(49)43-28-22-32-47(4)30-18-16-14-12-10-8-6-2/h19-20,23-26,34-35H,5-18,21-22,27-33H2,1-4H3,(H2,42,44,48)(H2,43,45,49). The lowest BCUT2D eigenvalue weighted by Gasteiger charge is -2.16. The number of anilines is 2. The molecule has 8 nitrogen and oxygen atoms in total. The molecule has 0 aromatic heterocycles. The number of rotatable bonds is 28. The molecular weight excluding hydrogens is 608 g/mol. The van der Waals surface area contributed by atoms with Crippen molar-refractivity contribution in [3.8, 4) is 0 Å². The molecule has 0 atom stereocenters. The Balaban J connectivity index is 1.61. The molecule has 276 valence electrons. The molecule has 0 spiro atoms. The average Bonchev–Trinajstić information content (AvgIpc) is 3.08. The van der Waals surface area contributed by atoms with Gasteiger partial charge in [0.05, 0.1) is 0 Å². The Hall–Kier alpha value is -3.10. The van der Waals surface area contributed by atoms with E-state index in [1.807, 2.05) is 36.4 Å². The number of carbonyl (C=O) groups excluding carboxylic acids is 2. The van der Waals surface area contributed by atoms with Crippen molar-refractivity contribution in [3.63, 3.8) is 0 Å². The number of nitrogens with one attached hydrogen (secondary N) is 4. The zero-order valence-corrected chi connectivity index (χ0v) is 31.6. The van der Waals surface area contributed by atoms with E-state index in [0.29, 0.717) is 19.5 Å². The summed E-state index contributed by atoms with van der Waals surface area (Å²) in [6, 6.07) is 15.5. The van der Waals surface area contributed by atoms with Crippen LogP contribution in [0.25, 0.3) is 0 Å². The molecule has 0 fully saturated rings. The van der Waals surface area contributed by atoms with Crippen molar-refractivity contribution in [1.29, 1.82) is 0 Å². The quantitative estimate of drug-likeness (QED) is 0.0675. The molecule has 0 heterocycles. The molecule has 0 unspecified atom stereocenters. The van der Waals surface area contributed by atoms with Gasteiger partial charge in [-0.2, -0.15) is 0 Å². The third-order valence-corrected chi connectivity index (χ3v) is 9.07. The van der Waals surface area contributed by atoms with Gasteiger partial charge in [0.15, 0.2) is 0 Å². The highest BCUT2D eigenvalue weighted by Gasteiger charge is 2.07. The van der Waals surface area contributed by atoms with Crippen molar-refractivity contribution in [2.45, 2.75) is 123 Å². The second-order valence-electron chi connectivity index (χ2n) is 13.9. The Morgan fingerprint density at radius 3 is 1.29 bits per heavy atom. The summed E-state index contributed by atoms with van der Waals surface area (Å²) in [5.74, 6) is 0. The fraction of sp³-hybridized carbons (Fsp3) is 0.659. The van der Waals surface area contributed by atoms with Gasteiger partial charge >= 0.3 is 12.1 Å². The zero-order valence-electron chi connectivity index (χ0n) is 31.6. The Morgan fingerprint density at radius 2 is 0.878 bits per heavy atom. The van der Waals surface area contributed by atoms with Crippen LogP contribution in [0.5, 0.6) is 0 Å². The van der Waals surface area contributed by atoms with Gasteiger partial charge in [-0.1, -0.05) is 115 Å². The van der Waals surface area contributed by atoms with Gasteiger partial charge in [-0.05, 0) is 108 Å². The Kier molecular flexibility index (Phi) is 23.8. The number of hydrogen-bond acceptors (Lipinski definition) is 4. The molecule has 4 N–H and O–H groups in total. The fourth-order valence-electron chi connectivity index (χ4n) is 6.11.